The molecule has 1 aromatic carbocycles. The molecule has 0 unspecified atom stereocenters. The van der Waals surface area contributed by atoms with Gasteiger partial charge in [0.15, 0.2) is 0 Å². The molecule has 0 fully saturated rings. The molecule has 0 spiro atoms. The SMILES string of the molecule is O=S(=O)=c1ncc2ccccc2[nH]1. The Labute approximate surface area is 75.4 Å². The fraction of sp³-hybridized carbons (Fsp3) is 0. The lowest BCUT2D eigenvalue weighted by Gasteiger charge is -1.93. The Morgan fingerprint density at radius 2 is 2.00 bits per heavy atom. The second-order valence-corrected chi connectivity index (χ2v) is 3.37. The maximum atomic E-state index is 10.6. The zero-order valence-electron chi connectivity index (χ0n) is 6.56. The monoisotopic (exact) mass is 194 g/mol. The third-order valence-electron chi connectivity index (χ3n) is 1.68. The van der Waals surface area contributed by atoms with E-state index in [1.807, 2.05) is 18.2 Å². The average Bonchev–Trinajstić information content (AvgIpc) is 2.17. The van der Waals surface area contributed by atoms with Gasteiger partial charge < -0.3 is 4.98 Å². The predicted molar refractivity (Wildman–Crippen MR) is 48.3 cm³/mol. The van der Waals surface area contributed by atoms with Crippen molar-refractivity contribution in [2.45, 2.75) is 0 Å². The Morgan fingerprint density at radius 3 is 2.77 bits per heavy atom. The highest BCUT2D eigenvalue weighted by molar-refractivity contribution is 7.63. The van der Waals surface area contributed by atoms with Crippen LogP contribution in [0.15, 0.2) is 30.5 Å². The van der Waals surface area contributed by atoms with Crippen molar-refractivity contribution in [2.75, 3.05) is 0 Å². The number of H-pyrrole nitrogens is 1. The van der Waals surface area contributed by atoms with Crippen molar-refractivity contribution in [1.29, 1.82) is 0 Å². The van der Waals surface area contributed by atoms with E-state index in [4.69, 9.17) is 0 Å². The number of para-hydroxylation sites is 1. The number of fused-ring (bicyclic) bond motifs is 1. The summed E-state index contributed by atoms with van der Waals surface area (Å²) >= 11 is 0. The largest absolute Gasteiger partial charge is 0.327 e. The standard InChI is InChI=1S/C8H6N2O2S/c11-13(12)8-9-5-6-3-1-2-4-7(6)10-8/h1-5,10H. The number of aromatic nitrogens is 2. The van der Waals surface area contributed by atoms with Crippen molar-refractivity contribution < 1.29 is 8.42 Å². The number of benzene rings is 1. The van der Waals surface area contributed by atoms with Gasteiger partial charge in [0.25, 0.3) is 15.1 Å². The predicted octanol–water partition coefficient (Wildman–Crippen LogP) is 0.974. The van der Waals surface area contributed by atoms with Crippen molar-refractivity contribution in [3.8, 4) is 0 Å². The Balaban J connectivity index is 3.01. The van der Waals surface area contributed by atoms with E-state index in [2.05, 4.69) is 9.97 Å². The molecular weight excluding hydrogens is 188 g/mol. The van der Waals surface area contributed by atoms with Crippen molar-refractivity contribution in [3.05, 3.63) is 35.2 Å². The molecule has 4 nitrogen and oxygen atoms in total. The minimum absolute atomic E-state index is 0.0429. The lowest BCUT2D eigenvalue weighted by atomic mass is 10.2. The molecule has 0 atom stereocenters. The molecule has 0 saturated carbocycles. The van der Waals surface area contributed by atoms with Gasteiger partial charge in [0, 0.05) is 17.1 Å². The van der Waals surface area contributed by atoms with Crippen molar-refractivity contribution in [3.63, 3.8) is 0 Å². The topological polar surface area (TPSA) is 62.8 Å². The zero-order chi connectivity index (χ0) is 9.26. The fourth-order valence-electron chi connectivity index (χ4n) is 1.08. The highest BCUT2D eigenvalue weighted by atomic mass is 32.2. The Bertz CT molecular complexity index is 605. The summed E-state index contributed by atoms with van der Waals surface area (Å²) in [4.78, 5) is 6.44. The second kappa shape index (κ2) is 3.02. The number of hydrogen-bond acceptors (Lipinski definition) is 3. The van der Waals surface area contributed by atoms with Gasteiger partial charge in [0.2, 0.25) is 0 Å². The highest BCUT2D eigenvalue weighted by Gasteiger charge is 1.91. The van der Waals surface area contributed by atoms with E-state index in [1.165, 1.54) is 6.20 Å². The maximum Gasteiger partial charge on any atom is 0.258 e. The molecule has 66 valence electrons. The van der Waals surface area contributed by atoms with Crippen LogP contribution < -0.4 is 0 Å². The van der Waals surface area contributed by atoms with E-state index in [-0.39, 0.29) is 4.77 Å². The lowest BCUT2D eigenvalue weighted by molar-refractivity contribution is 0.623. The average molecular weight is 194 g/mol. The van der Waals surface area contributed by atoms with Crippen molar-refractivity contribution in [1.82, 2.24) is 9.97 Å². The van der Waals surface area contributed by atoms with E-state index in [0.717, 1.165) is 10.9 Å². The molecule has 0 aliphatic heterocycles. The van der Waals surface area contributed by atoms with Crippen LogP contribution in [-0.4, -0.2) is 18.4 Å². The third kappa shape index (κ3) is 1.46. The summed E-state index contributed by atoms with van der Waals surface area (Å²) in [6, 6.07) is 7.35. The van der Waals surface area contributed by atoms with Crippen LogP contribution in [0, 0.1) is 4.77 Å². The Hall–Kier alpha value is -1.62. The summed E-state index contributed by atoms with van der Waals surface area (Å²) in [5, 5.41) is 0.886. The van der Waals surface area contributed by atoms with Gasteiger partial charge in [-0.25, -0.2) is 4.98 Å². The Kier molecular flexibility index (Phi) is 1.86. The van der Waals surface area contributed by atoms with E-state index in [0.29, 0.717) is 0 Å². The number of rotatable bonds is 0. The van der Waals surface area contributed by atoms with E-state index >= 15 is 0 Å². The normalized spacial score (nSPS) is 10.2. The minimum Gasteiger partial charge on any atom is -0.327 e. The van der Waals surface area contributed by atoms with Crippen molar-refractivity contribution >= 4 is 21.2 Å². The van der Waals surface area contributed by atoms with Crippen LogP contribution in [0.3, 0.4) is 0 Å². The molecule has 2 rings (SSSR count). The first-order valence-corrected chi connectivity index (χ1v) is 4.71. The number of aromatic amines is 1. The molecule has 5 heteroatoms. The maximum absolute atomic E-state index is 10.6. The molecule has 1 N–H and O–H groups in total. The van der Waals surface area contributed by atoms with E-state index in [9.17, 15) is 8.42 Å². The summed E-state index contributed by atoms with van der Waals surface area (Å²) in [5.41, 5.74) is 0.761. The summed E-state index contributed by atoms with van der Waals surface area (Å²) < 4.78 is 21.1. The molecule has 0 bridgehead atoms. The zero-order valence-corrected chi connectivity index (χ0v) is 7.38. The van der Waals surface area contributed by atoms with Crippen LogP contribution in [0.5, 0.6) is 0 Å². The summed E-state index contributed by atoms with van der Waals surface area (Å²) in [6.45, 7) is 0. The molecule has 0 saturated heterocycles. The molecule has 0 amide bonds. The third-order valence-corrected chi connectivity index (χ3v) is 2.20. The van der Waals surface area contributed by atoms with Crippen LogP contribution in [0.4, 0.5) is 0 Å². The number of nitrogens with zero attached hydrogens (tertiary/aromatic N) is 1. The van der Waals surface area contributed by atoms with Gasteiger partial charge in [-0.3, -0.25) is 0 Å². The summed E-state index contributed by atoms with van der Waals surface area (Å²) in [7, 11) is -2.30. The van der Waals surface area contributed by atoms with E-state index < -0.39 is 10.3 Å². The second-order valence-electron chi connectivity index (χ2n) is 2.51. The number of nitrogens with one attached hydrogen (secondary N) is 1. The van der Waals surface area contributed by atoms with Crippen LogP contribution in [-0.2, 0) is 10.3 Å². The van der Waals surface area contributed by atoms with Crippen LogP contribution >= 0.6 is 0 Å². The van der Waals surface area contributed by atoms with Gasteiger partial charge in [-0.05, 0) is 6.07 Å². The van der Waals surface area contributed by atoms with Gasteiger partial charge in [-0.2, -0.15) is 8.42 Å². The first-order chi connectivity index (χ1) is 6.27. The van der Waals surface area contributed by atoms with Gasteiger partial charge >= 0.3 is 0 Å². The van der Waals surface area contributed by atoms with Gasteiger partial charge in [-0.1, -0.05) is 18.2 Å². The molecule has 2 aromatic rings. The molecule has 0 aliphatic carbocycles. The molecule has 1 heterocycles. The van der Waals surface area contributed by atoms with E-state index in [1.54, 1.807) is 6.07 Å². The smallest absolute Gasteiger partial charge is 0.258 e. The van der Waals surface area contributed by atoms with Crippen LogP contribution in [0.1, 0.15) is 0 Å². The van der Waals surface area contributed by atoms with Crippen molar-refractivity contribution in [2.24, 2.45) is 0 Å². The first kappa shape index (κ1) is 8.00. The highest BCUT2D eigenvalue weighted by Crippen LogP contribution is 2.07. The first-order valence-electron chi connectivity index (χ1n) is 3.64. The molecule has 1 aromatic heterocycles. The fourth-order valence-corrected chi connectivity index (χ4v) is 1.42. The number of hydrogen-bond donors (Lipinski definition) is 1. The van der Waals surface area contributed by atoms with Crippen LogP contribution in [0.2, 0.25) is 0 Å². The summed E-state index contributed by atoms with van der Waals surface area (Å²) in [6.07, 6.45) is 1.52. The molecular formula is C8H6N2O2S. The quantitative estimate of drug-likeness (QED) is 0.636. The minimum atomic E-state index is -2.30. The van der Waals surface area contributed by atoms with Gasteiger partial charge in [0.1, 0.15) is 0 Å². The molecule has 0 radical (unpaired) electrons. The molecule has 13 heavy (non-hydrogen) atoms. The Morgan fingerprint density at radius 1 is 1.23 bits per heavy atom. The lowest BCUT2D eigenvalue weighted by Crippen LogP contribution is -1.85. The van der Waals surface area contributed by atoms with Gasteiger partial charge in [-0.15, -0.1) is 0 Å². The molecule has 0 aliphatic rings. The van der Waals surface area contributed by atoms with Gasteiger partial charge in [0.05, 0.1) is 0 Å². The van der Waals surface area contributed by atoms with Crippen LogP contribution in [0.25, 0.3) is 10.9 Å². The summed E-state index contributed by atoms with van der Waals surface area (Å²) in [5.74, 6) is 0.